The van der Waals surface area contributed by atoms with Gasteiger partial charge in [0.15, 0.2) is 5.75 Å². The first-order valence-electron chi connectivity index (χ1n) is 7.24. The number of nitrogens with zero attached hydrogens (tertiary/aromatic N) is 1. The molecule has 2 aromatic rings. The van der Waals surface area contributed by atoms with Crippen LogP contribution in [-0.4, -0.2) is 25.1 Å². The fourth-order valence-electron chi connectivity index (χ4n) is 2.36. The van der Waals surface area contributed by atoms with E-state index >= 15 is 0 Å². The zero-order chi connectivity index (χ0) is 17.7. The van der Waals surface area contributed by atoms with Crippen molar-refractivity contribution in [3.63, 3.8) is 0 Å². The van der Waals surface area contributed by atoms with Gasteiger partial charge in [-0.1, -0.05) is 18.2 Å². The fraction of sp³-hybridized carbons (Fsp3) is 0.235. The average molecular weight is 330 g/mol. The second-order valence-corrected chi connectivity index (χ2v) is 5.08. The van der Waals surface area contributed by atoms with Gasteiger partial charge in [-0.2, -0.15) is 0 Å². The van der Waals surface area contributed by atoms with Crippen molar-refractivity contribution < 1.29 is 19.2 Å². The van der Waals surface area contributed by atoms with E-state index in [2.05, 4.69) is 5.32 Å². The Hall–Kier alpha value is -3.09. The molecule has 0 bridgehead atoms. The number of carbonyl (C=O) groups excluding carboxylic acids is 1. The van der Waals surface area contributed by atoms with E-state index in [-0.39, 0.29) is 23.0 Å². The standard InChI is InChI=1S/C17H18N2O5/c1-11(13-6-4-5-7-15(13)23-2)18-17(20)12-8-9-16(24-3)14(10-12)19(21)22/h4-11H,1-3H3,(H,18,20). The van der Waals surface area contributed by atoms with E-state index in [0.717, 1.165) is 5.56 Å². The summed E-state index contributed by atoms with van der Waals surface area (Å²) < 4.78 is 10.2. The Labute approximate surface area is 139 Å². The number of hydrogen-bond acceptors (Lipinski definition) is 5. The SMILES string of the molecule is COc1ccccc1C(C)NC(=O)c1ccc(OC)c([N+](=O)[O-])c1. The maximum atomic E-state index is 12.4. The molecule has 0 aliphatic carbocycles. The summed E-state index contributed by atoms with van der Waals surface area (Å²) in [6.45, 7) is 1.81. The van der Waals surface area contributed by atoms with E-state index in [9.17, 15) is 14.9 Å². The van der Waals surface area contributed by atoms with Crippen molar-refractivity contribution in [2.45, 2.75) is 13.0 Å². The van der Waals surface area contributed by atoms with Crippen LogP contribution in [0.5, 0.6) is 11.5 Å². The number of carbonyl (C=O) groups is 1. The smallest absolute Gasteiger partial charge is 0.311 e. The first-order valence-corrected chi connectivity index (χ1v) is 7.24. The lowest BCUT2D eigenvalue weighted by atomic mass is 10.1. The highest BCUT2D eigenvalue weighted by Gasteiger charge is 2.20. The molecule has 0 saturated carbocycles. The van der Waals surface area contributed by atoms with Crippen LogP contribution in [0, 0.1) is 10.1 Å². The Kier molecular flexibility index (Phi) is 5.36. The van der Waals surface area contributed by atoms with Gasteiger partial charge in [0, 0.05) is 17.2 Å². The van der Waals surface area contributed by atoms with Crippen molar-refractivity contribution in [2.24, 2.45) is 0 Å². The van der Waals surface area contributed by atoms with Crippen molar-refractivity contribution in [3.05, 3.63) is 63.7 Å². The third-order valence-electron chi connectivity index (χ3n) is 3.59. The van der Waals surface area contributed by atoms with E-state index in [0.29, 0.717) is 5.75 Å². The minimum atomic E-state index is -0.584. The number of nitrogens with one attached hydrogen (secondary N) is 1. The van der Waals surface area contributed by atoms with Crippen molar-refractivity contribution in [1.82, 2.24) is 5.32 Å². The van der Waals surface area contributed by atoms with Gasteiger partial charge >= 0.3 is 5.69 Å². The number of nitro groups is 1. The molecular formula is C17H18N2O5. The van der Waals surface area contributed by atoms with Gasteiger partial charge in [-0.25, -0.2) is 0 Å². The second-order valence-electron chi connectivity index (χ2n) is 5.08. The first kappa shape index (κ1) is 17.3. The van der Waals surface area contributed by atoms with Crippen LogP contribution in [0.4, 0.5) is 5.69 Å². The maximum absolute atomic E-state index is 12.4. The normalized spacial score (nSPS) is 11.5. The molecule has 126 valence electrons. The Bertz CT molecular complexity index is 760. The minimum absolute atomic E-state index is 0.106. The number of para-hydroxylation sites is 1. The molecule has 1 amide bonds. The fourth-order valence-corrected chi connectivity index (χ4v) is 2.36. The quantitative estimate of drug-likeness (QED) is 0.649. The molecule has 7 nitrogen and oxygen atoms in total. The Morgan fingerprint density at radius 1 is 1.12 bits per heavy atom. The van der Waals surface area contributed by atoms with Crippen LogP contribution in [0.1, 0.15) is 28.9 Å². The Morgan fingerprint density at radius 2 is 1.79 bits per heavy atom. The summed E-state index contributed by atoms with van der Waals surface area (Å²) in [5, 5.41) is 13.9. The van der Waals surface area contributed by atoms with Gasteiger partial charge in [0.1, 0.15) is 5.75 Å². The van der Waals surface area contributed by atoms with E-state index in [1.54, 1.807) is 13.2 Å². The molecule has 0 heterocycles. The van der Waals surface area contributed by atoms with Crippen LogP contribution in [0.15, 0.2) is 42.5 Å². The number of rotatable bonds is 6. The molecule has 7 heteroatoms. The summed E-state index contributed by atoms with van der Waals surface area (Å²) in [6, 6.07) is 11.1. The highest BCUT2D eigenvalue weighted by molar-refractivity contribution is 5.95. The number of methoxy groups -OCH3 is 2. The van der Waals surface area contributed by atoms with E-state index in [4.69, 9.17) is 9.47 Å². The van der Waals surface area contributed by atoms with Gasteiger partial charge in [-0.15, -0.1) is 0 Å². The molecule has 2 rings (SSSR count). The Balaban J connectivity index is 2.23. The molecule has 2 aromatic carbocycles. The molecule has 0 radical (unpaired) electrons. The van der Waals surface area contributed by atoms with E-state index in [1.807, 2.05) is 25.1 Å². The maximum Gasteiger partial charge on any atom is 0.311 e. The number of amides is 1. The number of hydrogen-bond donors (Lipinski definition) is 1. The number of ether oxygens (including phenoxy) is 2. The minimum Gasteiger partial charge on any atom is -0.496 e. The second kappa shape index (κ2) is 7.45. The Morgan fingerprint density at radius 3 is 2.42 bits per heavy atom. The van der Waals surface area contributed by atoms with Crippen LogP contribution in [-0.2, 0) is 0 Å². The first-order chi connectivity index (χ1) is 11.5. The van der Waals surface area contributed by atoms with Gasteiger partial charge in [0.25, 0.3) is 5.91 Å². The van der Waals surface area contributed by atoms with Crippen LogP contribution >= 0.6 is 0 Å². The van der Waals surface area contributed by atoms with Gasteiger partial charge in [0.2, 0.25) is 0 Å². The molecule has 1 atom stereocenters. The summed E-state index contributed by atoms with van der Waals surface area (Å²) in [5.41, 5.74) is 0.746. The third kappa shape index (κ3) is 3.62. The summed E-state index contributed by atoms with van der Waals surface area (Å²) in [6.07, 6.45) is 0. The van der Waals surface area contributed by atoms with Gasteiger partial charge in [0.05, 0.1) is 25.2 Å². The molecule has 0 fully saturated rings. The molecule has 1 N–H and O–H groups in total. The topological polar surface area (TPSA) is 90.7 Å². The largest absolute Gasteiger partial charge is 0.496 e. The van der Waals surface area contributed by atoms with Crippen molar-refractivity contribution in [1.29, 1.82) is 0 Å². The molecule has 24 heavy (non-hydrogen) atoms. The van der Waals surface area contributed by atoms with Crippen LogP contribution in [0.25, 0.3) is 0 Å². The van der Waals surface area contributed by atoms with Crippen molar-refractivity contribution in [3.8, 4) is 11.5 Å². The zero-order valence-electron chi connectivity index (χ0n) is 13.6. The molecule has 0 aliphatic rings. The van der Waals surface area contributed by atoms with Crippen LogP contribution in [0.3, 0.4) is 0 Å². The van der Waals surface area contributed by atoms with Gasteiger partial charge in [-0.05, 0) is 25.1 Å². The van der Waals surface area contributed by atoms with Crippen LogP contribution < -0.4 is 14.8 Å². The number of benzene rings is 2. The van der Waals surface area contributed by atoms with E-state index < -0.39 is 10.8 Å². The lowest BCUT2D eigenvalue weighted by Crippen LogP contribution is -2.27. The molecule has 0 aliphatic heterocycles. The molecule has 1 unspecified atom stereocenters. The third-order valence-corrected chi connectivity index (χ3v) is 3.59. The van der Waals surface area contributed by atoms with E-state index in [1.165, 1.54) is 25.3 Å². The predicted molar refractivity (Wildman–Crippen MR) is 88.5 cm³/mol. The zero-order valence-corrected chi connectivity index (χ0v) is 13.6. The van der Waals surface area contributed by atoms with Gasteiger partial charge < -0.3 is 14.8 Å². The predicted octanol–water partition coefficient (Wildman–Crippen LogP) is 3.10. The highest BCUT2D eigenvalue weighted by atomic mass is 16.6. The molecule has 0 saturated heterocycles. The van der Waals surface area contributed by atoms with Crippen LogP contribution in [0.2, 0.25) is 0 Å². The lowest BCUT2D eigenvalue weighted by Gasteiger charge is -2.17. The molecule has 0 spiro atoms. The molecular weight excluding hydrogens is 312 g/mol. The van der Waals surface area contributed by atoms with Crippen molar-refractivity contribution in [2.75, 3.05) is 14.2 Å². The summed E-state index contributed by atoms with van der Waals surface area (Å²) in [5.74, 6) is 0.347. The summed E-state index contributed by atoms with van der Waals surface area (Å²) in [4.78, 5) is 22.9. The van der Waals surface area contributed by atoms with Crippen molar-refractivity contribution >= 4 is 11.6 Å². The molecule has 0 aromatic heterocycles. The lowest BCUT2D eigenvalue weighted by molar-refractivity contribution is -0.385. The summed E-state index contributed by atoms with van der Waals surface area (Å²) >= 11 is 0. The number of nitro benzene ring substituents is 1. The average Bonchev–Trinajstić information content (AvgIpc) is 2.60. The van der Waals surface area contributed by atoms with Gasteiger partial charge in [-0.3, -0.25) is 14.9 Å². The highest BCUT2D eigenvalue weighted by Crippen LogP contribution is 2.28. The monoisotopic (exact) mass is 330 g/mol. The summed E-state index contributed by atoms with van der Waals surface area (Å²) in [7, 11) is 2.89.